The van der Waals surface area contributed by atoms with Crippen LogP contribution in [0.5, 0.6) is 0 Å². The summed E-state index contributed by atoms with van der Waals surface area (Å²) >= 11 is 5.68. The average molecular weight is 324 g/mol. The Morgan fingerprint density at radius 1 is 1.07 bits per heavy atom. The van der Waals surface area contributed by atoms with Crippen LogP contribution in [-0.2, 0) is 0 Å². The van der Waals surface area contributed by atoms with E-state index in [1.165, 1.54) is 12.1 Å². The Balaban J connectivity index is 3.30. The highest BCUT2D eigenvalue weighted by atomic mass is 79.9. The van der Waals surface area contributed by atoms with Crippen molar-refractivity contribution in [1.29, 1.82) is 10.5 Å². The van der Waals surface area contributed by atoms with Crippen LogP contribution in [0.25, 0.3) is 0 Å². The number of halogens is 4. The Morgan fingerprint density at radius 3 is 1.71 bits per heavy atom. The van der Waals surface area contributed by atoms with Crippen molar-refractivity contribution in [2.45, 2.75) is 12.3 Å². The lowest BCUT2D eigenvalue weighted by atomic mass is 10.1. The Labute approximate surface area is 95.8 Å². The first-order valence-corrected chi connectivity index (χ1v) is 5.00. The van der Waals surface area contributed by atoms with Crippen LogP contribution < -0.4 is 0 Å². The van der Waals surface area contributed by atoms with Crippen molar-refractivity contribution < 1.29 is 8.78 Å². The maximum atomic E-state index is 13.4. The third-order valence-corrected chi connectivity index (χ3v) is 3.92. The molecule has 2 atom stereocenters. The van der Waals surface area contributed by atoms with E-state index in [1.807, 2.05) is 0 Å². The fraction of sp³-hybridized carbons (Fsp3) is 0.250. The van der Waals surface area contributed by atoms with Crippen LogP contribution in [0.4, 0.5) is 8.78 Å². The summed E-state index contributed by atoms with van der Waals surface area (Å²) in [7, 11) is 0. The number of allylic oxidation sites excluding steroid dienone is 4. The summed E-state index contributed by atoms with van der Waals surface area (Å²) in [4.78, 5) is 0. The summed E-state index contributed by atoms with van der Waals surface area (Å²) in [6.45, 7) is 0. The fourth-order valence-electron chi connectivity index (χ4n) is 1.05. The van der Waals surface area contributed by atoms with Gasteiger partial charge in [-0.1, -0.05) is 31.9 Å². The standard InChI is InChI=1S/C8H2Br2F2N2/c9-5-6(10)8(12)4(7(5)11)3(1-13)2-14/h7-8H. The summed E-state index contributed by atoms with van der Waals surface area (Å²) < 4.78 is 26.7. The van der Waals surface area contributed by atoms with Crippen molar-refractivity contribution in [3.05, 3.63) is 20.1 Å². The number of alkyl halides is 2. The molecule has 0 bridgehead atoms. The van der Waals surface area contributed by atoms with Crippen molar-refractivity contribution in [2.24, 2.45) is 0 Å². The zero-order valence-corrected chi connectivity index (χ0v) is 9.73. The highest BCUT2D eigenvalue weighted by molar-refractivity contribution is 9.14. The molecule has 72 valence electrons. The van der Waals surface area contributed by atoms with E-state index in [1.54, 1.807) is 0 Å². The number of rotatable bonds is 0. The largest absolute Gasteiger partial charge is 0.237 e. The minimum atomic E-state index is -1.76. The van der Waals surface area contributed by atoms with Gasteiger partial charge in [-0.2, -0.15) is 10.5 Å². The van der Waals surface area contributed by atoms with Gasteiger partial charge in [0, 0.05) is 14.5 Å². The zero-order valence-electron chi connectivity index (χ0n) is 6.56. The summed E-state index contributed by atoms with van der Waals surface area (Å²) in [6.07, 6.45) is -3.51. The minimum absolute atomic E-state index is 0.0111. The molecular formula is C8H2Br2F2N2. The molecule has 0 amide bonds. The molecule has 0 heterocycles. The van der Waals surface area contributed by atoms with Gasteiger partial charge in [0.15, 0.2) is 12.3 Å². The molecule has 0 aromatic rings. The molecule has 0 radical (unpaired) electrons. The van der Waals surface area contributed by atoms with Crippen molar-refractivity contribution in [3.8, 4) is 12.1 Å². The van der Waals surface area contributed by atoms with Gasteiger partial charge in [-0.3, -0.25) is 0 Å². The van der Waals surface area contributed by atoms with E-state index < -0.39 is 23.5 Å². The average Bonchev–Trinajstić information content (AvgIpc) is 2.37. The number of hydrogen-bond donors (Lipinski definition) is 0. The van der Waals surface area contributed by atoms with E-state index in [0.29, 0.717) is 0 Å². The van der Waals surface area contributed by atoms with Crippen LogP contribution in [0, 0.1) is 22.7 Å². The lowest BCUT2D eigenvalue weighted by molar-refractivity contribution is 0.389. The van der Waals surface area contributed by atoms with Gasteiger partial charge in [-0.05, 0) is 0 Å². The SMILES string of the molecule is N#CC(C#N)=C1C(F)C(Br)=C(Br)C1F. The summed E-state index contributed by atoms with van der Waals surface area (Å²) in [5, 5.41) is 17.0. The third-order valence-electron chi connectivity index (χ3n) is 1.73. The first kappa shape index (κ1) is 11.4. The smallest absolute Gasteiger partial charge is 0.159 e. The molecule has 2 nitrogen and oxygen atoms in total. The van der Waals surface area contributed by atoms with Gasteiger partial charge in [0.1, 0.15) is 17.7 Å². The molecule has 0 aromatic heterocycles. The highest BCUT2D eigenvalue weighted by Gasteiger charge is 2.39. The molecule has 14 heavy (non-hydrogen) atoms. The Morgan fingerprint density at radius 2 is 1.43 bits per heavy atom. The number of nitriles is 2. The molecule has 1 aliphatic rings. The van der Waals surface area contributed by atoms with Crippen molar-refractivity contribution in [2.75, 3.05) is 0 Å². The predicted octanol–water partition coefficient (Wildman–Crippen LogP) is 3.02. The van der Waals surface area contributed by atoms with Gasteiger partial charge >= 0.3 is 0 Å². The molecule has 0 fully saturated rings. The van der Waals surface area contributed by atoms with Crippen LogP contribution in [0.15, 0.2) is 20.1 Å². The first-order valence-electron chi connectivity index (χ1n) is 3.42. The van der Waals surface area contributed by atoms with Crippen LogP contribution in [0.3, 0.4) is 0 Å². The van der Waals surface area contributed by atoms with Gasteiger partial charge in [0.2, 0.25) is 0 Å². The van der Waals surface area contributed by atoms with E-state index in [4.69, 9.17) is 10.5 Å². The maximum absolute atomic E-state index is 13.4. The third kappa shape index (κ3) is 1.60. The Bertz CT molecular complexity index is 378. The van der Waals surface area contributed by atoms with E-state index in [-0.39, 0.29) is 8.96 Å². The van der Waals surface area contributed by atoms with Crippen LogP contribution in [0.1, 0.15) is 0 Å². The summed E-state index contributed by atoms with van der Waals surface area (Å²) in [5.74, 6) is 0. The molecule has 1 aliphatic carbocycles. The Kier molecular flexibility index (Phi) is 3.41. The van der Waals surface area contributed by atoms with E-state index >= 15 is 0 Å². The van der Waals surface area contributed by atoms with Gasteiger partial charge < -0.3 is 0 Å². The normalized spacial score (nSPS) is 26.0. The predicted molar refractivity (Wildman–Crippen MR) is 52.9 cm³/mol. The molecule has 0 aliphatic heterocycles. The second-order valence-electron chi connectivity index (χ2n) is 2.47. The summed E-state index contributed by atoms with van der Waals surface area (Å²) in [5.41, 5.74) is -0.954. The molecule has 0 saturated carbocycles. The topological polar surface area (TPSA) is 47.6 Å². The van der Waals surface area contributed by atoms with Crippen LogP contribution in [0.2, 0.25) is 0 Å². The summed E-state index contributed by atoms with van der Waals surface area (Å²) in [6, 6.07) is 2.93. The first-order chi connectivity index (χ1) is 6.54. The van der Waals surface area contributed by atoms with Crippen LogP contribution >= 0.6 is 31.9 Å². The molecule has 2 unspecified atom stereocenters. The lowest BCUT2D eigenvalue weighted by Crippen LogP contribution is -2.08. The van der Waals surface area contributed by atoms with Crippen molar-refractivity contribution >= 4 is 31.9 Å². The quantitative estimate of drug-likeness (QED) is 0.643. The molecule has 6 heteroatoms. The maximum Gasteiger partial charge on any atom is 0.159 e. The fourth-order valence-corrected chi connectivity index (χ4v) is 1.95. The van der Waals surface area contributed by atoms with Crippen LogP contribution in [-0.4, -0.2) is 12.3 Å². The number of hydrogen-bond acceptors (Lipinski definition) is 2. The second-order valence-corrected chi connectivity index (χ2v) is 4.18. The molecule has 0 aromatic carbocycles. The van der Waals surface area contributed by atoms with Gasteiger partial charge in [-0.25, -0.2) is 8.78 Å². The highest BCUT2D eigenvalue weighted by Crippen LogP contribution is 2.43. The lowest BCUT2D eigenvalue weighted by Gasteiger charge is -2.04. The number of nitrogens with zero attached hydrogens (tertiary/aromatic N) is 2. The zero-order chi connectivity index (χ0) is 10.9. The van der Waals surface area contributed by atoms with E-state index in [9.17, 15) is 8.78 Å². The molecule has 0 saturated heterocycles. The molecule has 0 N–H and O–H groups in total. The van der Waals surface area contributed by atoms with Crippen molar-refractivity contribution in [1.82, 2.24) is 0 Å². The Hall–Kier alpha value is -0.720. The van der Waals surface area contributed by atoms with Gasteiger partial charge in [-0.15, -0.1) is 0 Å². The van der Waals surface area contributed by atoms with Crippen molar-refractivity contribution in [3.63, 3.8) is 0 Å². The van der Waals surface area contributed by atoms with Gasteiger partial charge in [0.05, 0.1) is 0 Å². The molecule has 0 spiro atoms. The van der Waals surface area contributed by atoms with Gasteiger partial charge in [0.25, 0.3) is 0 Å². The molecule has 1 rings (SSSR count). The minimum Gasteiger partial charge on any atom is -0.237 e. The van der Waals surface area contributed by atoms with E-state index in [0.717, 1.165) is 0 Å². The van der Waals surface area contributed by atoms with E-state index in [2.05, 4.69) is 31.9 Å². The molecular weight excluding hydrogens is 322 g/mol. The second kappa shape index (κ2) is 4.20. The monoisotopic (exact) mass is 322 g/mol.